The second-order valence-corrected chi connectivity index (χ2v) is 7.20. The van der Waals surface area contributed by atoms with Crippen LogP contribution >= 0.6 is 0 Å². The molecule has 2 amide bonds. The van der Waals surface area contributed by atoms with Crippen molar-refractivity contribution >= 4 is 29.2 Å². The van der Waals surface area contributed by atoms with Gasteiger partial charge in [0.2, 0.25) is 5.91 Å². The second-order valence-electron chi connectivity index (χ2n) is 7.20. The minimum atomic E-state index is -0.455. The number of amides is 2. The summed E-state index contributed by atoms with van der Waals surface area (Å²) < 4.78 is 10.3. The molecule has 30 heavy (non-hydrogen) atoms. The minimum Gasteiger partial charge on any atom is -0.495 e. The summed E-state index contributed by atoms with van der Waals surface area (Å²) >= 11 is 0. The summed E-state index contributed by atoms with van der Waals surface area (Å²) in [5.74, 6) is -0.343. The van der Waals surface area contributed by atoms with Crippen LogP contribution in [0, 0.1) is 0 Å². The van der Waals surface area contributed by atoms with Crippen molar-refractivity contribution in [2.75, 3.05) is 31.4 Å². The molecule has 1 heterocycles. The predicted octanol–water partition coefficient (Wildman–Crippen LogP) is 0.775. The molecule has 1 aliphatic rings. The highest BCUT2D eigenvalue weighted by Gasteiger charge is 2.37. The van der Waals surface area contributed by atoms with Crippen LogP contribution < -0.4 is 20.3 Å². The topological polar surface area (TPSA) is 98.2 Å². The molecule has 0 spiro atoms. The Morgan fingerprint density at radius 2 is 1.80 bits per heavy atom. The first kappa shape index (κ1) is 21.3. The molecule has 2 aromatic carbocycles. The molecule has 0 bridgehead atoms. The largest absolute Gasteiger partial charge is 0.495 e. The number of hydrogen-bond acceptors (Lipinski definition) is 5. The van der Waals surface area contributed by atoms with Crippen molar-refractivity contribution in [3.63, 3.8) is 0 Å². The number of anilines is 2. The quantitative estimate of drug-likeness (QED) is 0.609. The van der Waals surface area contributed by atoms with E-state index in [1.54, 1.807) is 18.2 Å². The van der Waals surface area contributed by atoms with Gasteiger partial charge in [-0.25, -0.2) is 4.79 Å². The number of hydrogen-bond donors (Lipinski definition) is 3. The number of ether oxygens (including phenoxy) is 2. The molecule has 0 fully saturated rings. The molecule has 3 rings (SSSR count). The number of quaternary nitrogens is 1. The Bertz CT molecular complexity index is 960. The van der Waals surface area contributed by atoms with Crippen molar-refractivity contribution < 1.29 is 28.8 Å². The van der Waals surface area contributed by atoms with E-state index in [-0.39, 0.29) is 24.3 Å². The Morgan fingerprint density at radius 3 is 2.47 bits per heavy atom. The van der Waals surface area contributed by atoms with Crippen LogP contribution in [0.3, 0.4) is 0 Å². The van der Waals surface area contributed by atoms with E-state index in [4.69, 9.17) is 9.47 Å². The summed E-state index contributed by atoms with van der Waals surface area (Å²) in [7, 11) is 2.86. The van der Waals surface area contributed by atoms with Crippen LogP contribution in [-0.2, 0) is 32.1 Å². The van der Waals surface area contributed by atoms with E-state index in [1.165, 1.54) is 21.1 Å². The standard InChI is InChI=1S/C22H25N3O5/c1-14(26)23-17-8-9-20(29-2)18(11-17)24-21(27)13-25-12-16-7-5-4-6-15(16)10-19(25)22(28)30-3/h4-9,11,19H,10,12-13H2,1-3H3,(H,23,26)(H,24,27)/p+1/t19-/m0/s1. The highest BCUT2D eigenvalue weighted by atomic mass is 16.5. The van der Waals surface area contributed by atoms with Gasteiger partial charge in [-0.05, 0) is 23.8 Å². The molecule has 8 nitrogen and oxygen atoms in total. The van der Waals surface area contributed by atoms with Gasteiger partial charge >= 0.3 is 5.97 Å². The molecule has 1 aliphatic heterocycles. The summed E-state index contributed by atoms with van der Waals surface area (Å²) in [5.41, 5.74) is 3.21. The van der Waals surface area contributed by atoms with Gasteiger partial charge in [-0.2, -0.15) is 0 Å². The Hall–Kier alpha value is -3.39. The van der Waals surface area contributed by atoms with Gasteiger partial charge in [-0.3, -0.25) is 9.59 Å². The molecule has 0 saturated carbocycles. The summed E-state index contributed by atoms with van der Waals surface area (Å²) in [4.78, 5) is 37.3. The lowest BCUT2D eigenvalue weighted by atomic mass is 9.94. The molecule has 1 unspecified atom stereocenters. The lowest BCUT2D eigenvalue weighted by molar-refractivity contribution is -0.924. The fourth-order valence-electron chi connectivity index (χ4n) is 3.73. The average Bonchev–Trinajstić information content (AvgIpc) is 2.72. The molecule has 158 valence electrons. The molecule has 0 radical (unpaired) electrons. The highest BCUT2D eigenvalue weighted by molar-refractivity contribution is 5.95. The monoisotopic (exact) mass is 412 g/mol. The first-order valence-electron chi connectivity index (χ1n) is 9.66. The third-order valence-electron chi connectivity index (χ3n) is 5.12. The molecular weight excluding hydrogens is 386 g/mol. The summed E-state index contributed by atoms with van der Waals surface area (Å²) in [6.07, 6.45) is 0.521. The van der Waals surface area contributed by atoms with Crippen molar-refractivity contribution in [3.05, 3.63) is 53.6 Å². The summed E-state index contributed by atoms with van der Waals surface area (Å²) in [5, 5.41) is 5.52. The molecule has 3 N–H and O–H groups in total. The van der Waals surface area contributed by atoms with Crippen LogP contribution in [0.1, 0.15) is 18.1 Å². The number of carbonyl (C=O) groups excluding carboxylic acids is 3. The zero-order chi connectivity index (χ0) is 21.7. The van der Waals surface area contributed by atoms with E-state index in [9.17, 15) is 14.4 Å². The molecule has 8 heteroatoms. The van der Waals surface area contributed by atoms with Gasteiger partial charge in [0.25, 0.3) is 5.91 Å². The normalized spacial score (nSPS) is 17.4. The predicted molar refractivity (Wildman–Crippen MR) is 111 cm³/mol. The molecule has 2 aromatic rings. The second kappa shape index (κ2) is 9.41. The summed E-state index contributed by atoms with van der Waals surface area (Å²) in [6.45, 7) is 2.04. The van der Waals surface area contributed by atoms with Gasteiger partial charge in [0.1, 0.15) is 12.3 Å². The van der Waals surface area contributed by atoms with Crippen LogP contribution in [0.25, 0.3) is 0 Å². The molecule has 0 aliphatic carbocycles. The maximum absolute atomic E-state index is 12.8. The fraction of sp³-hybridized carbons (Fsp3) is 0.318. The minimum absolute atomic E-state index is 0.0849. The number of carbonyl (C=O) groups is 3. The van der Waals surface area contributed by atoms with Crippen molar-refractivity contribution in [1.29, 1.82) is 0 Å². The van der Waals surface area contributed by atoms with Crippen LogP contribution in [0.2, 0.25) is 0 Å². The third kappa shape index (κ3) is 4.96. The lowest BCUT2D eigenvalue weighted by Gasteiger charge is -2.31. The Morgan fingerprint density at radius 1 is 1.07 bits per heavy atom. The van der Waals surface area contributed by atoms with E-state index in [2.05, 4.69) is 10.6 Å². The fourth-order valence-corrected chi connectivity index (χ4v) is 3.73. The SMILES string of the molecule is COC(=O)[C@@H]1Cc2ccccc2C[NH+]1CC(=O)Nc1cc(NC(C)=O)ccc1OC. The molecular formula is C22H26N3O5+. The Kier molecular flexibility index (Phi) is 6.68. The highest BCUT2D eigenvalue weighted by Crippen LogP contribution is 2.27. The van der Waals surface area contributed by atoms with Gasteiger partial charge in [0, 0.05) is 24.6 Å². The van der Waals surface area contributed by atoms with E-state index < -0.39 is 6.04 Å². The number of fused-ring (bicyclic) bond motifs is 1. The maximum atomic E-state index is 12.8. The van der Waals surface area contributed by atoms with E-state index in [1.807, 2.05) is 24.3 Å². The number of rotatable bonds is 6. The number of esters is 1. The first-order chi connectivity index (χ1) is 14.4. The zero-order valence-electron chi connectivity index (χ0n) is 17.3. The molecule has 2 atom stereocenters. The van der Waals surface area contributed by atoms with Gasteiger partial charge in [0.15, 0.2) is 12.6 Å². The third-order valence-corrected chi connectivity index (χ3v) is 5.12. The van der Waals surface area contributed by atoms with Crippen LogP contribution in [0.15, 0.2) is 42.5 Å². The Balaban J connectivity index is 1.77. The maximum Gasteiger partial charge on any atom is 0.365 e. The smallest absolute Gasteiger partial charge is 0.365 e. The van der Waals surface area contributed by atoms with Gasteiger partial charge in [-0.15, -0.1) is 0 Å². The van der Waals surface area contributed by atoms with Crippen molar-refractivity contribution in [2.45, 2.75) is 25.9 Å². The number of benzene rings is 2. The number of methoxy groups -OCH3 is 2. The summed E-state index contributed by atoms with van der Waals surface area (Å²) in [6, 6.07) is 12.5. The molecule has 0 aromatic heterocycles. The van der Waals surface area contributed by atoms with Gasteiger partial charge in [-0.1, -0.05) is 24.3 Å². The van der Waals surface area contributed by atoms with Crippen molar-refractivity contribution in [2.24, 2.45) is 0 Å². The van der Waals surface area contributed by atoms with Crippen molar-refractivity contribution in [3.8, 4) is 5.75 Å². The molecule has 0 saturated heterocycles. The van der Waals surface area contributed by atoms with E-state index >= 15 is 0 Å². The Labute approximate surface area is 175 Å². The first-order valence-corrected chi connectivity index (χ1v) is 9.66. The van der Waals surface area contributed by atoms with Crippen LogP contribution in [0.4, 0.5) is 11.4 Å². The zero-order valence-corrected chi connectivity index (χ0v) is 17.3. The number of nitrogens with one attached hydrogen (secondary N) is 3. The van der Waals surface area contributed by atoms with Crippen LogP contribution in [-0.4, -0.2) is 44.6 Å². The lowest BCUT2D eigenvalue weighted by Crippen LogP contribution is -3.17. The van der Waals surface area contributed by atoms with E-state index in [0.29, 0.717) is 30.1 Å². The van der Waals surface area contributed by atoms with E-state index in [0.717, 1.165) is 16.0 Å². The van der Waals surface area contributed by atoms with Crippen molar-refractivity contribution in [1.82, 2.24) is 0 Å². The van der Waals surface area contributed by atoms with Gasteiger partial charge in [0.05, 0.1) is 19.9 Å². The average molecular weight is 412 g/mol. The van der Waals surface area contributed by atoms with Crippen LogP contribution in [0.5, 0.6) is 5.75 Å². The van der Waals surface area contributed by atoms with Gasteiger partial charge < -0.3 is 25.0 Å².